The van der Waals surface area contributed by atoms with Crippen molar-refractivity contribution in [3.05, 3.63) is 52.8 Å². The van der Waals surface area contributed by atoms with Crippen LogP contribution in [0, 0.1) is 5.82 Å². The van der Waals surface area contributed by atoms with Crippen molar-refractivity contribution in [2.45, 2.75) is 6.42 Å². The number of benzene rings is 2. The summed E-state index contributed by atoms with van der Waals surface area (Å²) in [6, 6.07) is 9.74. The average Bonchev–Trinajstić information content (AvgIpc) is 2.68. The third-order valence-electron chi connectivity index (χ3n) is 2.97. The van der Waals surface area contributed by atoms with Gasteiger partial charge < -0.3 is 5.32 Å². The third kappa shape index (κ3) is 1.87. The van der Waals surface area contributed by atoms with E-state index < -0.39 is 0 Å². The smallest absolute Gasteiger partial charge is 0.228 e. The number of carbonyl (C=O) groups excluding carboxylic acids is 1. The van der Waals surface area contributed by atoms with E-state index in [1.165, 1.54) is 12.1 Å². The predicted octanol–water partition coefficient (Wildman–Crippen LogP) is 3.64. The van der Waals surface area contributed by atoms with Crippen LogP contribution >= 0.6 is 11.6 Å². The van der Waals surface area contributed by atoms with Gasteiger partial charge in [0.1, 0.15) is 5.82 Å². The van der Waals surface area contributed by atoms with Crippen molar-refractivity contribution in [2.75, 3.05) is 5.32 Å². The first-order chi connectivity index (χ1) is 8.63. The van der Waals surface area contributed by atoms with Gasteiger partial charge in [-0.05, 0) is 35.4 Å². The molecule has 0 aromatic heterocycles. The summed E-state index contributed by atoms with van der Waals surface area (Å²) < 4.78 is 12.9. The number of fused-ring (bicyclic) bond motifs is 1. The molecule has 0 radical (unpaired) electrons. The predicted molar refractivity (Wildman–Crippen MR) is 69.2 cm³/mol. The zero-order valence-electron chi connectivity index (χ0n) is 9.34. The van der Waals surface area contributed by atoms with Gasteiger partial charge in [-0.3, -0.25) is 4.79 Å². The Labute approximate surface area is 108 Å². The first-order valence-corrected chi connectivity index (χ1v) is 5.89. The number of carbonyl (C=O) groups is 1. The van der Waals surface area contributed by atoms with Gasteiger partial charge in [-0.25, -0.2) is 4.39 Å². The topological polar surface area (TPSA) is 29.1 Å². The third-order valence-corrected chi connectivity index (χ3v) is 3.29. The average molecular weight is 262 g/mol. The molecule has 0 spiro atoms. The molecule has 90 valence electrons. The van der Waals surface area contributed by atoms with Crippen LogP contribution in [-0.4, -0.2) is 5.91 Å². The van der Waals surface area contributed by atoms with E-state index in [1.54, 1.807) is 18.2 Å². The fraction of sp³-hybridized carbons (Fsp3) is 0.0714. The summed E-state index contributed by atoms with van der Waals surface area (Å²) in [6.07, 6.45) is 0.362. The second-order valence-corrected chi connectivity index (χ2v) is 4.63. The molecule has 4 heteroatoms. The monoisotopic (exact) mass is 261 g/mol. The van der Waals surface area contributed by atoms with E-state index in [-0.39, 0.29) is 11.7 Å². The molecule has 2 aromatic carbocycles. The van der Waals surface area contributed by atoms with E-state index in [0.717, 1.165) is 22.4 Å². The van der Waals surface area contributed by atoms with E-state index >= 15 is 0 Å². The van der Waals surface area contributed by atoms with E-state index in [0.29, 0.717) is 11.4 Å². The Balaban J connectivity index is 2.11. The van der Waals surface area contributed by atoms with E-state index in [4.69, 9.17) is 11.6 Å². The fourth-order valence-corrected chi connectivity index (χ4v) is 2.37. The Kier molecular flexibility index (Phi) is 2.56. The largest absolute Gasteiger partial charge is 0.325 e. The molecule has 0 aliphatic carbocycles. The van der Waals surface area contributed by atoms with Gasteiger partial charge in [0.2, 0.25) is 5.91 Å². The van der Waals surface area contributed by atoms with Gasteiger partial charge >= 0.3 is 0 Å². The SMILES string of the molecule is O=C1Cc2cc(-c3ccc(F)cc3)c(Cl)cc2N1. The van der Waals surface area contributed by atoms with Crippen molar-refractivity contribution in [2.24, 2.45) is 0 Å². The number of hydrogen-bond acceptors (Lipinski definition) is 1. The van der Waals surface area contributed by atoms with Crippen LogP contribution in [0.1, 0.15) is 5.56 Å². The Morgan fingerprint density at radius 2 is 1.89 bits per heavy atom. The minimum atomic E-state index is -0.284. The summed E-state index contributed by atoms with van der Waals surface area (Å²) in [5, 5.41) is 3.29. The highest BCUT2D eigenvalue weighted by atomic mass is 35.5. The number of hydrogen-bond donors (Lipinski definition) is 1. The van der Waals surface area contributed by atoms with Crippen molar-refractivity contribution >= 4 is 23.2 Å². The number of halogens is 2. The molecule has 0 saturated carbocycles. The van der Waals surface area contributed by atoms with Crippen LogP contribution < -0.4 is 5.32 Å². The molecule has 1 amide bonds. The van der Waals surface area contributed by atoms with Crippen molar-refractivity contribution in [3.8, 4) is 11.1 Å². The van der Waals surface area contributed by atoms with Crippen molar-refractivity contribution in [1.29, 1.82) is 0 Å². The van der Waals surface area contributed by atoms with E-state index in [1.807, 2.05) is 6.07 Å². The van der Waals surface area contributed by atoms with Gasteiger partial charge in [0.25, 0.3) is 0 Å². The van der Waals surface area contributed by atoms with Gasteiger partial charge in [0.05, 0.1) is 11.4 Å². The van der Waals surface area contributed by atoms with Crippen LogP contribution in [0.5, 0.6) is 0 Å². The van der Waals surface area contributed by atoms with Crippen molar-refractivity contribution in [3.63, 3.8) is 0 Å². The molecule has 0 saturated heterocycles. The fourth-order valence-electron chi connectivity index (χ4n) is 2.10. The van der Waals surface area contributed by atoms with Crippen LogP contribution in [0.2, 0.25) is 5.02 Å². The lowest BCUT2D eigenvalue weighted by molar-refractivity contribution is -0.115. The van der Waals surface area contributed by atoms with Crippen molar-refractivity contribution in [1.82, 2.24) is 0 Å². The van der Waals surface area contributed by atoms with Crippen LogP contribution in [0.25, 0.3) is 11.1 Å². The molecule has 18 heavy (non-hydrogen) atoms. The van der Waals surface area contributed by atoms with Gasteiger partial charge in [0, 0.05) is 11.3 Å². The molecule has 1 aliphatic heterocycles. The lowest BCUT2D eigenvalue weighted by atomic mass is 10.0. The molecule has 0 atom stereocenters. The van der Waals surface area contributed by atoms with Crippen molar-refractivity contribution < 1.29 is 9.18 Å². The standard InChI is InChI=1S/C14H9ClFNO/c15-12-7-13-9(6-14(18)17-13)5-11(12)8-1-3-10(16)4-2-8/h1-5,7H,6H2,(H,17,18). The first kappa shape index (κ1) is 11.2. The zero-order chi connectivity index (χ0) is 12.7. The molecule has 0 unspecified atom stereocenters. The minimum Gasteiger partial charge on any atom is -0.325 e. The molecule has 2 aromatic rings. The van der Waals surface area contributed by atoms with Crippen LogP contribution in [0.4, 0.5) is 10.1 Å². The normalized spacial score (nSPS) is 13.3. The second kappa shape index (κ2) is 4.10. The quantitative estimate of drug-likeness (QED) is 0.834. The van der Waals surface area contributed by atoms with Crippen LogP contribution in [0.3, 0.4) is 0 Å². The highest BCUT2D eigenvalue weighted by Gasteiger charge is 2.19. The number of amides is 1. The summed E-state index contributed by atoms with van der Waals surface area (Å²) in [5.74, 6) is -0.315. The number of anilines is 1. The van der Waals surface area contributed by atoms with Gasteiger partial charge in [-0.15, -0.1) is 0 Å². The molecule has 1 aliphatic rings. The number of nitrogens with one attached hydrogen (secondary N) is 1. The van der Waals surface area contributed by atoms with Gasteiger partial charge in [-0.2, -0.15) is 0 Å². The Bertz CT molecular complexity index is 637. The zero-order valence-corrected chi connectivity index (χ0v) is 10.1. The van der Waals surface area contributed by atoms with E-state index in [2.05, 4.69) is 5.32 Å². The lowest BCUT2D eigenvalue weighted by Gasteiger charge is -2.07. The van der Waals surface area contributed by atoms with Gasteiger partial charge in [-0.1, -0.05) is 23.7 Å². The number of rotatable bonds is 1. The highest BCUT2D eigenvalue weighted by molar-refractivity contribution is 6.34. The molecule has 1 N–H and O–H groups in total. The van der Waals surface area contributed by atoms with E-state index in [9.17, 15) is 9.18 Å². The van der Waals surface area contributed by atoms with Crippen LogP contribution in [0.15, 0.2) is 36.4 Å². The molecule has 2 nitrogen and oxygen atoms in total. The lowest BCUT2D eigenvalue weighted by Crippen LogP contribution is -2.03. The Morgan fingerprint density at radius 3 is 2.61 bits per heavy atom. The summed E-state index contributed by atoms with van der Waals surface area (Å²) >= 11 is 6.18. The Hall–Kier alpha value is -1.87. The minimum absolute atomic E-state index is 0.0303. The summed E-state index contributed by atoms with van der Waals surface area (Å²) in [6.45, 7) is 0. The maximum Gasteiger partial charge on any atom is 0.228 e. The maximum atomic E-state index is 12.9. The summed E-state index contributed by atoms with van der Waals surface area (Å²) in [4.78, 5) is 11.3. The molecular weight excluding hydrogens is 253 g/mol. The highest BCUT2D eigenvalue weighted by Crippen LogP contribution is 2.35. The molecule has 3 rings (SSSR count). The van der Waals surface area contributed by atoms with Gasteiger partial charge in [0.15, 0.2) is 0 Å². The summed E-state index contributed by atoms with van der Waals surface area (Å²) in [7, 11) is 0. The summed E-state index contributed by atoms with van der Waals surface area (Å²) in [5.41, 5.74) is 3.33. The molecular formula is C14H9ClFNO. The molecule has 0 fully saturated rings. The maximum absolute atomic E-state index is 12.9. The first-order valence-electron chi connectivity index (χ1n) is 5.52. The molecule has 0 bridgehead atoms. The van der Waals surface area contributed by atoms with Crippen LogP contribution in [-0.2, 0) is 11.2 Å². The Morgan fingerprint density at radius 1 is 1.17 bits per heavy atom. The second-order valence-electron chi connectivity index (χ2n) is 4.22. The molecule has 1 heterocycles.